The predicted octanol–water partition coefficient (Wildman–Crippen LogP) is 2.98. The predicted molar refractivity (Wildman–Crippen MR) is 118 cm³/mol. The largest absolute Gasteiger partial charge is 0.492 e. The van der Waals surface area contributed by atoms with E-state index in [0.29, 0.717) is 40.9 Å². The Morgan fingerprint density at radius 1 is 1.10 bits per heavy atom. The van der Waals surface area contributed by atoms with Crippen molar-refractivity contribution in [1.29, 1.82) is 0 Å². The quantitative estimate of drug-likeness (QED) is 0.521. The van der Waals surface area contributed by atoms with Crippen molar-refractivity contribution in [2.24, 2.45) is 7.05 Å². The number of carbonyl (C=O) groups is 1. The van der Waals surface area contributed by atoms with Crippen molar-refractivity contribution in [3.63, 3.8) is 0 Å². The molecule has 0 unspecified atom stereocenters. The lowest BCUT2D eigenvalue weighted by Gasteiger charge is -2.13. The molecule has 0 atom stereocenters. The van der Waals surface area contributed by atoms with E-state index in [2.05, 4.69) is 15.4 Å². The number of aryl methyl sites for hydroxylation is 1. The molecular weight excluding hydrogens is 394 g/mol. The van der Waals surface area contributed by atoms with Crippen molar-refractivity contribution in [2.75, 3.05) is 11.9 Å². The summed E-state index contributed by atoms with van der Waals surface area (Å²) in [6.45, 7) is 4.16. The summed E-state index contributed by atoms with van der Waals surface area (Å²) in [6.07, 6.45) is -0.0879. The molecule has 0 aliphatic carbocycles. The van der Waals surface area contributed by atoms with E-state index >= 15 is 0 Å². The maximum absolute atomic E-state index is 13.1. The van der Waals surface area contributed by atoms with Crippen molar-refractivity contribution in [2.45, 2.75) is 20.3 Å². The van der Waals surface area contributed by atoms with Crippen LogP contribution < -0.4 is 15.6 Å². The first-order chi connectivity index (χ1) is 15.0. The lowest BCUT2D eigenvalue weighted by molar-refractivity contribution is -0.115. The lowest BCUT2D eigenvalue weighted by Crippen LogP contribution is -2.28. The fourth-order valence-corrected chi connectivity index (χ4v) is 3.41. The van der Waals surface area contributed by atoms with Crippen LogP contribution in [0.25, 0.3) is 17.2 Å². The average molecular weight is 417 g/mol. The van der Waals surface area contributed by atoms with Gasteiger partial charge in [0.25, 0.3) is 5.56 Å². The number of aromatic nitrogens is 4. The number of carbonyl (C=O) groups excluding carboxylic acids is 1. The number of rotatable bonds is 6. The fourth-order valence-electron chi connectivity index (χ4n) is 3.41. The van der Waals surface area contributed by atoms with Gasteiger partial charge >= 0.3 is 0 Å². The molecule has 0 saturated heterocycles. The number of para-hydroxylation sites is 2. The molecule has 2 aromatic heterocycles. The lowest BCUT2D eigenvalue weighted by atomic mass is 10.1. The number of hydrogen-bond acceptors (Lipinski definition) is 5. The zero-order valence-corrected chi connectivity index (χ0v) is 17.6. The summed E-state index contributed by atoms with van der Waals surface area (Å²) < 4.78 is 8.59. The highest BCUT2D eigenvalue weighted by molar-refractivity contribution is 5.93. The van der Waals surface area contributed by atoms with Gasteiger partial charge in [-0.05, 0) is 26.0 Å². The van der Waals surface area contributed by atoms with Crippen LogP contribution in [0.1, 0.15) is 18.2 Å². The van der Waals surface area contributed by atoms with Gasteiger partial charge in [0.05, 0.1) is 18.7 Å². The van der Waals surface area contributed by atoms with Gasteiger partial charge in [0.1, 0.15) is 5.75 Å². The first kappa shape index (κ1) is 20.3. The van der Waals surface area contributed by atoms with E-state index in [0.717, 1.165) is 5.56 Å². The Bertz CT molecular complexity index is 1310. The van der Waals surface area contributed by atoms with Gasteiger partial charge in [-0.25, -0.2) is 0 Å². The van der Waals surface area contributed by atoms with Crippen LogP contribution >= 0.6 is 0 Å². The Morgan fingerprint density at radius 3 is 2.55 bits per heavy atom. The Hall–Kier alpha value is -3.94. The molecule has 8 heteroatoms. The fraction of sp³-hybridized carbons (Fsp3) is 0.217. The van der Waals surface area contributed by atoms with Gasteiger partial charge in [0.2, 0.25) is 11.7 Å². The molecule has 2 aromatic carbocycles. The Balaban J connectivity index is 1.68. The third kappa shape index (κ3) is 3.92. The third-order valence-electron chi connectivity index (χ3n) is 5.11. The minimum Gasteiger partial charge on any atom is -0.492 e. The van der Waals surface area contributed by atoms with Gasteiger partial charge in [-0.1, -0.05) is 42.5 Å². The summed E-state index contributed by atoms with van der Waals surface area (Å²) in [5.41, 5.74) is 2.06. The van der Waals surface area contributed by atoms with Gasteiger partial charge in [0, 0.05) is 23.9 Å². The summed E-state index contributed by atoms with van der Waals surface area (Å²) in [4.78, 5) is 30.4. The highest BCUT2D eigenvalue weighted by atomic mass is 16.5. The molecule has 0 spiro atoms. The number of nitrogens with one attached hydrogen (secondary N) is 1. The molecule has 1 amide bonds. The molecule has 0 bridgehead atoms. The maximum Gasteiger partial charge on any atom is 0.279 e. The normalized spacial score (nSPS) is 10.9. The molecule has 0 radical (unpaired) electrons. The monoisotopic (exact) mass is 417 g/mol. The van der Waals surface area contributed by atoms with E-state index < -0.39 is 0 Å². The number of ether oxygens (including phenoxy) is 1. The zero-order chi connectivity index (χ0) is 22.0. The third-order valence-corrected chi connectivity index (χ3v) is 5.11. The molecule has 0 aliphatic rings. The number of fused-ring (bicyclic) bond motifs is 1. The molecule has 0 saturated carbocycles. The molecule has 8 nitrogen and oxygen atoms in total. The van der Waals surface area contributed by atoms with Crippen LogP contribution in [0.15, 0.2) is 59.4 Å². The SMILES string of the molecule is CCOc1ccccc1NC(=O)Cc1c(C)n(C)c2nc(-c3ccccc3)nn2c1=O. The van der Waals surface area contributed by atoms with Crippen LogP contribution in [0.2, 0.25) is 0 Å². The molecule has 4 aromatic rings. The van der Waals surface area contributed by atoms with Crippen molar-refractivity contribution >= 4 is 17.4 Å². The molecule has 1 N–H and O–H groups in total. The van der Waals surface area contributed by atoms with Gasteiger partial charge in [0.15, 0.2) is 5.82 Å². The van der Waals surface area contributed by atoms with E-state index in [1.165, 1.54) is 4.52 Å². The molecular formula is C23H23N5O3. The van der Waals surface area contributed by atoms with Crippen LogP contribution in [0.3, 0.4) is 0 Å². The Labute approximate surface area is 179 Å². The molecule has 2 heterocycles. The number of anilines is 1. The van der Waals surface area contributed by atoms with E-state index in [9.17, 15) is 9.59 Å². The van der Waals surface area contributed by atoms with Gasteiger partial charge in [-0.3, -0.25) is 9.59 Å². The highest BCUT2D eigenvalue weighted by Crippen LogP contribution is 2.24. The summed E-state index contributed by atoms with van der Waals surface area (Å²) in [7, 11) is 1.80. The summed E-state index contributed by atoms with van der Waals surface area (Å²) in [5.74, 6) is 1.16. The van der Waals surface area contributed by atoms with E-state index in [4.69, 9.17) is 4.74 Å². The van der Waals surface area contributed by atoms with Crippen LogP contribution in [0.5, 0.6) is 5.75 Å². The molecule has 31 heavy (non-hydrogen) atoms. The van der Waals surface area contributed by atoms with Gasteiger partial charge < -0.3 is 14.6 Å². The maximum atomic E-state index is 13.1. The Kier molecular flexibility index (Phi) is 5.53. The van der Waals surface area contributed by atoms with E-state index in [-0.39, 0.29) is 17.9 Å². The van der Waals surface area contributed by atoms with Crippen LogP contribution in [-0.4, -0.2) is 31.7 Å². The molecule has 158 valence electrons. The van der Waals surface area contributed by atoms with Crippen molar-refractivity contribution in [1.82, 2.24) is 19.2 Å². The highest BCUT2D eigenvalue weighted by Gasteiger charge is 2.19. The standard InChI is InChI=1S/C23H23N5O3/c1-4-31-19-13-9-8-12-18(19)24-20(29)14-17-15(2)27(3)23-25-21(26-28(23)22(17)30)16-10-6-5-7-11-16/h5-13H,4,14H2,1-3H3,(H,24,29). The number of nitrogens with zero attached hydrogens (tertiary/aromatic N) is 4. The summed E-state index contributed by atoms with van der Waals surface area (Å²) in [5, 5.41) is 7.23. The Morgan fingerprint density at radius 2 is 1.81 bits per heavy atom. The van der Waals surface area contributed by atoms with Gasteiger partial charge in [-0.2, -0.15) is 9.50 Å². The van der Waals surface area contributed by atoms with Crippen LogP contribution in [0, 0.1) is 6.92 Å². The van der Waals surface area contributed by atoms with Crippen LogP contribution in [-0.2, 0) is 18.3 Å². The molecule has 0 fully saturated rings. The van der Waals surface area contributed by atoms with E-state index in [1.54, 1.807) is 30.7 Å². The smallest absolute Gasteiger partial charge is 0.279 e. The van der Waals surface area contributed by atoms with Crippen LogP contribution in [0.4, 0.5) is 5.69 Å². The molecule has 0 aliphatic heterocycles. The first-order valence-corrected chi connectivity index (χ1v) is 10.0. The summed E-state index contributed by atoms with van der Waals surface area (Å²) >= 11 is 0. The summed E-state index contributed by atoms with van der Waals surface area (Å²) in [6, 6.07) is 16.7. The molecule has 4 rings (SSSR count). The average Bonchev–Trinajstić information content (AvgIpc) is 3.23. The second kappa shape index (κ2) is 8.43. The van der Waals surface area contributed by atoms with E-state index in [1.807, 2.05) is 49.4 Å². The van der Waals surface area contributed by atoms with Crippen molar-refractivity contribution < 1.29 is 9.53 Å². The first-order valence-electron chi connectivity index (χ1n) is 10.0. The number of hydrogen-bond donors (Lipinski definition) is 1. The second-order valence-corrected chi connectivity index (χ2v) is 7.10. The minimum absolute atomic E-state index is 0.0879. The number of amides is 1. The van der Waals surface area contributed by atoms with Crippen molar-refractivity contribution in [3.05, 3.63) is 76.2 Å². The zero-order valence-electron chi connectivity index (χ0n) is 17.6. The second-order valence-electron chi connectivity index (χ2n) is 7.10. The number of benzene rings is 2. The van der Waals surface area contributed by atoms with Gasteiger partial charge in [-0.15, -0.1) is 5.10 Å². The minimum atomic E-state index is -0.353. The topological polar surface area (TPSA) is 90.5 Å². The van der Waals surface area contributed by atoms with Crippen molar-refractivity contribution in [3.8, 4) is 17.1 Å².